The van der Waals surface area contributed by atoms with E-state index in [1.54, 1.807) is 12.1 Å². The normalized spacial score (nSPS) is 13.9. The van der Waals surface area contributed by atoms with Crippen molar-refractivity contribution in [3.63, 3.8) is 0 Å². The lowest BCUT2D eigenvalue weighted by molar-refractivity contribution is -0.138. The van der Waals surface area contributed by atoms with Crippen molar-refractivity contribution in [3.05, 3.63) is 269 Å². The Kier molecular flexibility index (Phi) is 12.4. The van der Waals surface area contributed by atoms with Crippen LogP contribution in [0.25, 0.3) is 116 Å². The fraction of sp³-hybridized carbons (Fsp3) is 0.143. The lowest BCUT2D eigenvalue weighted by Gasteiger charge is -2.35. The second-order valence-electron chi connectivity index (χ2n) is 23.6. The van der Waals surface area contributed by atoms with Gasteiger partial charge in [0.25, 0.3) is 0 Å². The fourth-order valence-corrected chi connectivity index (χ4v) is 14.7. The maximum Gasteiger partial charge on any atom is 0.416 e. The summed E-state index contributed by atoms with van der Waals surface area (Å²) >= 11 is 0. The number of alkyl halides is 6. The third-order valence-corrected chi connectivity index (χ3v) is 18.0. The van der Waals surface area contributed by atoms with Gasteiger partial charge in [0.1, 0.15) is 0 Å². The minimum absolute atomic E-state index is 0.336. The molecule has 0 saturated heterocycles. The van der Waals surface area contributed by atoms with E-state index in [-0.39, 0.29) is 11.8 Å². The summed E-state index contributed by atoms with van der Waals surface area (Å²) in [5.74, 6) is -1.27. The van der Waals surface area contributed by atoms with E-state index in [1.165, 1.54) is 24.3 Å². The second-order valence-corrected chi connectivity index (χ2v) is 23.6. The third kappa shape index (κ3) is 8.18. The highest BCUT2D eigenvalue weighted by Gasteiger charge is 2.39. The lowest BCUT2D eigenvalue weighted by Crippen LogP contribution is -2.17. The summed E-state index contributed by atoms with van der Waals surface area (Å²) in [5, 5.41) is 6.11. The summed E-state index contributed by atoms with van der Waals surface area (Å²) in [6, 6.07) is 73.9. The average Bonchev–Trinajstić information content (AvgIpc) is 1.42. The van der Waals surface area contributed by atoms with Gasteiger partial charge in [-0.25, -0.2) is 0 Å². The Bertz CT molecular complexity index is 4940. The SMILES string of the molecule is CC(C)c1c(-c2cccc(C(F)(F)F)c2)c(C2CCc3c(ccc4c3c3ccccc3n4-c3ccccc3)-c3ccccc32)c(-c2cccc(C(F)(F)F)c2)c(C(C)C)c1-n1c2ccccc2c2ccc3c(c4ccccc4n3-c3ccccc3)c21. The molecule has 15 rings (SSSR count). The van der Waals surface area contributed by atoms with Crippen molar-refractivity contribution in [2.24, 2.45) is 0 Å². The summed E-state index contributed by atoms with van der Waals surface area (Å²) < 4.78 is 100. The van der Waals surface area contributed by atoms with Gasteiger partial charge >= 0.3 is 12.4 Å². The number of halogens is 6. The average molecular weight is 1140 g/mol. The quantitative estimate of drug-likeness (QED) is 0.135. The lowest BCUT2D eigenvalue weighted by atomic mass is 9.71. The minimum atomic E-state index is -4.72. The summed E-state index contributed by atoms with van der Waals surface area (Å²) in [6.07, 6.45) is -8.41. The van der Waals surface area contributed by atoms with Crippen LogP contribution in [0, 0.1) is 0 Å². The largest absolute Gasteiger partial charge is 0.416 e. The van der Waals surface area contributed by atoms with Gasteiger partial charge in [-0.1, -0.05) is 179 Å². The number of rotatable bonds is 8. The van der Waals surface area contributed by atoms with Gasteiger partial charge in [-0.3, -0.25) is 0 Å². The Morgan fingerprint density at radius 2 is 0.860 bits per heavy atom. The maximum absolute atomic E-state index is 15.6. The van der Waals surface area contributed by atoms with E-state index in [0.717, 1.165) is 128 Å². The van der Waals surface area contributed by atoms with Gasteiger partial charge < -0.3 is 13.7 Å². The molecule has 0 amide bonds. The second kappa shape index (κ2) is 20.0. The molecule has 1 unspecified atom stereocenters. The van der Waals surface area contributed by atoms with Crippen LogP contribution in [-0.4, -0.2) is 13.7 Å². The predicted molar refractivity (Wildman–Crippen MR) is 341 cm³/mol. The van der Waals surface area contributed by atoms with Crippen LogP contribution in [0.5, 0.6) is 0 Å². The zero-order valence-electron chi connectivity index (χ0n) is 47.7. The number of fused-ring (bicyclic) bond motifs is 14. The summed E-state index contributed by atoms with van der Waals surface area (Å²) in [6.45, 7) is 8.42. The number of para-hydroxylation sites is 5. The molecule has 0 saturated carbocycles. The van der Waals surface area contributed by atoms with Crippen LogP contribution in [-0.2, 0) is 18.8 Å². The van der Waals surface area contributed by atoms with Crippen molar-refractivity contribution in [1.29, 1.82) is 0 Å². The van der Waals surface area contributed by atoms with Crippen LogP contribution in [0.4, 0.5) is 26.3 Å². The van der Waals surface area contributed by atoms with Crippen molar-refractivity contribution in [2.75, 3.05) is 0 Å². The molecule has 1 aliphatic rings. The highest BCUT2D eigenvalue weighted by atomic mass is 19.4. The molecule has 0 N–H and O–H groups in total. The number of hydrogen-bond donors (Lipinski definition) is 0. The maximum atomic E-state index is 15.6. The smallest absolute Gasteiger partial charge is 0.309 e. The topological polar surface area (TPSA) is 14.8 Å². The first-order valence-corrected chi connectivity index (χ1v) is 29.5. The molecule has 3 heterocycles. The monoisotopic (exact) mass is 1140 g/mol. The molecule has 9 heteroatoms. The Balaban J connectivity index is 1.14. The molecule has 86 heavy (non-hydrogen) atoms. The first-order chi connectivity index (χ1) is 41.7. The number of hydrogen-bond acceptors (Lipinski definition) is 0. The van der Waals surface area contributed by atoms with Crippen molar-refractivity contribution in [3.8, 4) is 50.4 Å². The first kappa shape index (κ1) is 53.1. The molecular formula is C77H57F6N3. The summed E-state index contributed by atoms with van der Waals surface area (Å²) in [5.41, 5.74) is 15.2. The van der Waals surface area contributed by atoms with Crippen LogP contribution in [0.2, 0.25) is 0 Å². The highest BCUT2D eigenvalue weighted by Crippen LogP contribution is 2.57. The number of aromatic nitrogens is 3. The molecule has 1 atom stereocenters. The molecule has 0 bridgehead atoms. The van der Waals surface area contributed by atoms with Crippen molar-refractivity contribution < 1.29 is 26.3 Å². The van der Waals surface area contributed by atoms with Crippen LogP contribution in [0.1, 0.15) is 90.8 Å². The Hall–Kier alpha value is -9.60. The molecule has 14 aromatic rings. The van der Waals surface area contributed by atoms with E-state index in [0.29, 0.717) is 40.7 Å². The first-order valence-electron chi connectivity index (χ1n) is 29.5. The molecule has 0 spiro atoms. The van der Waals surface area contributed by atoms with Crippen LogP contribution in [0.15, 0.2) is 231 Å². The van der Waals surface area contributed by atoms with Gasteiger partial charge in [-0.2, -0.15) is 26.3 Å². The Morgan fingerprint density at radius 1 is 0.395 bits per heavy atom. The number of nitrogens with zero attached hydrogens (tertiary/aromatic N) is 3. The summed E-state index contributed by atoms with van der Waals surface area (Å²) in [7, 11) is 0. The minimum Gasteiger partial charge on any atom is -0.309 e. The summed E-state index contributed by atoms with van der Waals surface area (Å²) in [4.78, 5) is 0. The van der Waals surface area contributed by atoms with E-state index >= 15 is 26.3 Å². The highest BCUT2D eigenvalue weighted by molar-refractivity contribution is 6.26. The van der Waals surface area contributed by atoms with E-state index in [4.69, 9.17) is 0 Å². The van der Waals surface area contributed by atoms with Crippen LogP contribution in [0.3, 0.4) is 0 Å². The van der Waals surface area contributed by atoms with Crippen LogP contribution >= 0.6 is 0 Å². The molecule has 3 nitrogen and oxygen atoms in total. The van der Waals surface area contributed by atoms with Gasteiger partial charge in [-0.05, 0) is 165 Å². The standard InChI is InChI=1S/C77H57F6N3/c1-45(2)67-69(47-21-19-23-49(43-47)76(78,79)80)73(58-38-37-57-55(53-29-11-12-30-54(53)58)39-41-65-71(57)60-32-14-17-35-63(60)84(65)51-25-7-5-8-26-51)70(48-22-20-24-50(44-48)77(81,82)83)68(46(3)4)75(67)86-62-34-16-13-31-56(62)59-40-42-66-72(74(59)86)61-33-15-18-36-64(61)85(66)52-27-9-6-10-28-52/h5-36,39-46,58H,37-38H2,1-4H3. The predicted octanol–water partition coefficient (Wildman–Crippen LogP) is 22.3. The molecule has 0 radical (unpaired) electrons. The molecule has 0 fully saturated rings. The molecule has 3 aromatic heterocycles. The van der Waals surface area contributed by atoms with Gasteiger partial charge in [0.05, 0.1) is 49.9 Å². The Morgan fingerprint density at radius 3 is 1.41 bits per heavy atom. The van der Waals surface area contributed by atoms with Crippen molar-refractivity contribution in [2.45, 2.75) is 70.6 Å². The molecule has 422 valence electrons. The van der Waals surface area contributed by atoms with Crippen molar-refractivity contribution in [1.82, 2.24) is 13.7 Å². The number of aryl methyl sites for hydroxylation is 1. The molecule has 1 aliphatic carbocycles. The van der Waals surface area contributed by atoms with Crippen molar-refractivity contribution >= 4 is 65.4 Å². The zero-order chi connectivity index (χ0) is 58.9. The molecule has 11 aromatic carbocycles. The van der Waals surface area contributed by atoms with E-state index in [1.807, 2.05) is 72.8 Å². The van der Waals surface area contributed by atoms with E-state index in [2.05, 4.69) is 151 Å². The fourth-order valence-electron chi connectivity index (χ4n) is 14.7. The third-order valence-electron chi connectivity index (χ3n) is 18.0. The van der Waals surface area contributed by atoms with Crippen LogP contribution < -0.4 is 0 Å². The van der Waals surface area contributed by atoms with E-state index < -0.39 is 29.4 Å². The van der Waals surface area contributed by atoms with Gasteiger partial charge in [0.15, 0.2) is 0 Å². The molecule has 0 aliphatic heterocycles. The zero-order valence-corrected chi connectivity index (χ0v) is 47.7. The Labute approximate surface area is 493 Å². The van der Waals surface area contributed by atoms with Gasteiger partial charge in [-0.15, -0.1) is 0 Å². The molecular weight excluding hydrogens is 1080 g/mol. The number of benzene rings is 11. The van der Waals surface area contributed by atoms with E-state index in [9.17, 15) is 0 Å². The van der Waals surface area contributed by atoms with Gasteiger partial charge in [0, 0.05) is 49.6 Å². The van der Waals surface area contributed by atoms with Gasteiger partial charge in [0.2, 0.25) is 0 Å².